The van der Waals surface area contributed by atoms with Gasteiger partial charge in [-0.3, -0.25) is 4.79 Å². The average Bonchev–Trinajstić information content (AvgIpc) is 2.87. The SMILES string of the molecule is CCCCCCCC1CCC(C2CCC3C(CCCC3C(=O)Oc3cc(F)c(C(F)(F)F)c(F)c3)C2)CC1. The largest absolute Gasteiger partial charge is 0.426 e. The molecule has 0 aromatic heterocycles. The van der Waals surface area contributed by atoms with Crippen molar-refractivity contribution in [3.05, 3.63) is 29.3 Å². The molecular weight excluding hydrogens is 499 g/mol. The van der Waals surface area contributed by atoms with Crippen LogP contribution in [0.4, 0.5) is 22.0 Å². The first-order chi connectivity index (χ1) is 18.2. The Hall–Kier alpha value is -1.66. The molecule has 0 heterocycles. The van der Waals surface area contributed by atoms with E-state index in [2.05, 4.69) is 6.92 Å². The van der Waals surface area contributed by atoms with Gasteiger partial charge < -0.3 is 4.74 Å². The number of rotatable bonds is 9. The molecule has 0 bridgehead atoms. The molecule has 1 aromatic rings. The van der Waals surface area contributed by atoms with Gasteiger partial charge in [0.1, 0.15) is 22.9 Å². The first kappa shape index (κ1) is 29.3. The van der Waals surface area contributed by atoms with Crippen LogP contribution in [0.25, 0.3) is 0 Å². The summed E-state index contributed by atoms with van der Waals surface area (Å²) < 4.78 is 71.8. The number of alkyl halides is 3. The maximum Gasteiger partial charge on any atom is 0.422 e. The standard InChI is InChI=1S/C31H43F5O2/c1-2-3-4-5-6-8-20-11-13-21(14-12-20)22-15-16-25-23(17-22)9-7-10-26(25)30(37)38-24-18-27(32)29(28(33)19-24)31(34,35)36/h18-23,25-26H,2-17H2,1H3. The van der Waals surface area contributed by atoms with Crippen molar-refractivity contribution in [1.29, 1.82) is 0 Å². The summed E-state index contributed by atoms with van der Waals surface area (Å²) in [5.41, 5.74) is -1.96. The summed E-state index contributed by atoms with van der Waals surface area (Å²) in [7, 11) is 0. The molecule has 1 aromatic carbocycles. The fourth-order valence-electron chi connectivity index (χ4n) is 7.78. The molecule has 3 aliphatic carbocycles. The molecule has 2 nitrogen and oxygen atoms in total. The second-order valence-electron chi connectivity index (χ2n) is 12.2. The lowest BCUT2D eigenvalue weighted by Gasteiger charge is -2.46. The Balaban J connectivity index is 1.27. The third-order valence-corrected chi connectivity index (χ3v) is 9.78. The summed E-state index contributed by atoms with van der Waals surface area (Å²) in [4.78, 5) is 13.0. The smallest absolute Gasteiger partial charge is 0.422 e. The maximum atomic E-state index is 14.0. The molecule has 214 valence electrons. The van der Waals surface area contributed by atoms with Crippen LogP contribution in [-0.2, 0) is 11.0 Å². The topological polar surface area (TPSA) is 26.3 Å². The highest BCUT2D eigenvalue weighted by Gasteiger charge is 2.44. The summed E-state index contributed by atoms with van der Waals surface area (Å²) in [5, 5.41) is 0. The Bertz CT molecular complexity index is 898. The van der Waals surface area contributed by atoms with Gasteiger partial charge in [0.2, 0.25) is 0 Å². The number of unbranched alkanes of at least 4 members (excludes halogenated alkanes) is 4. The summed E-state index contributed by atoms with van der Waals surface area (Å²) in [5.74, 6) is -2.00. The van der Waals surface area contributed by atoms with Crippen molar-refractivity contribution in [3.63, 3.8) is 0 Å². The quantitative estimate of drug-likeness (QED) is 0.134. The van der Waals surface area contributed by atoms with Crippen LogP contribution in [0.3, 0.4) is 0 Å². The number of halogens is 5. The van der Waals surface area contributed by atoms with E-state index in [-0.39, 0.29) is 11.8 Å². The van der Waals surface area contributed by atoms with E-state index in [0.717, 1.165) is 43.9 Å². The van der Waals surface area contributed by atoms with Crippen LogP contribution in [0.5, 0.6) is 5.75 Å². The van der Waals surface area contributed by atoms with Gasteiger partial charge in [-0.15, -0.1) is 0 Å². The Kier molecular flexibility index (Phi) is 10.1. The first-order valence-corrected chi connectivity index (χ1v) is 14.9. The van der Waals surface area contributed by atoms with Gasteiger partial charge in [-0.25, -0.2) is 8.78 Å². The van der Waals surface area contributed by atoms with Gasteiger partial charge in [0, 0.05) is 12.1 Å². The number of esters is 1. The molecule has 3 aliphatic rings. The number of ether oxygens (including phenoxy) is 1. The number of hydrogen-bond acceptors (Lipinski definition) is 2. The molecule has 4 unspecified atom stereocenters. The lowest BCUT2D eigenvalue weighted by Crippen LogP contribution is -2.40. The van der Waals surface area contributed by atoms with Gasteiger partial charge in [0.15, 0.2) is 0 Å². The monoisotopic (exact) mass is 542 g/mol. The van der Waals surface area contributed by atoms with E-state index in [1.807, 2.05) is 0 Å². The average molecular weight is 543 g/mol. The molecule has 0 spiro atoms. The second-order valence-corrected chi connectivity index (χ2v) is 12.2. The van der Waals surface area contributed by atoms with Crippen molar-refractivity contribution in [1.82, 2.24) is 0 Å². The van der Waals surface area contributed by atoms with Crippen molar-refractivity contribution in [2.75, 3.05) is 0 Å². The molecule has 4 rings (SSSR count). The summed E-state index contributed by atoms with van der Waals surface area (Å²) in [6, 6.07) is 0.922. The number of fused-ring (bicyclic) bond motifs is 1. The molecule has 7 heteroatoms. The minimum absolute atomic E-state index is 0.177. The lowest BCUT2D eigenvalue weighted by molar-refractivity contribution is -0.144. The van der Waals surface area contributed by atoms with Crippen molar-refractivity contribution in [2.45, 2.75) is 116 Å². The summed E-state index contributed by atoms with van der Waals surface area (Å²) in [6.07, 6.45) is 14.1. The number of carbonyl (C=O) groups excluding carboxylic acids is 1. The predicted molar refractivity (Wildman–Crippen MR) is 137 cm³/mol. The van der Waals surface area contributed by atoms with Gasteiger partial charge in [-0.1, -0.05) is 71.1 Å². The zero-order valence-electron chi connectivity index (χ0n) is 22.6. The zero-order valence-corrected chi connectivity index (χ0v) is 22.6. The van der Waals surface area contributed by atoms with Gasteiger partial charge in [0.25, 0.3) is 0 Å². The molecule has 0 amide bonds. The van der Waals surface area contributed by atoms with Gasteiger partial charge in [0.05, 0.1) is 5.92 Å². The van der Waals surface area contributed by atoms with E-state index in [1.54, 1.807) is 0 Å². The van der Waals surface area contributed by atoms with E-state index in [9.17, 15) is 26.7 Å². The van der Waals surface area contributed by atoms with E-state index in [4.69, 9.17) is 4.74 Å². The van der Waals surface area contributed by atoms with Crippen LogP contribution >= 0.6 is 0 Å². The van der Waals surface area contributed by atoms with Crippen LogP contribution < -0.4 is 4.74 Å². The lowest BCUT2D eigenvalue weighted by atomic mass is 9.59. The van der Waals surface area contributed by atoms with Crippen molar-refractivity contribution in [3.8, 4) is 5.75 Å². The normalized spacial score (nSPS) is 30.1. The molecule has 0 N–H and O–H groups in total. The molecule has 38 heavy (non-hydrogen) atoms. The number of hydrogen-bond donors (Lipinski definition) is 0. The zero-order chi connectivity index (χ0) is 27.3. The first-order valence-electron chi connectivity index (χ1n) is 14.9. The highest BCUT2D eigenvalue weighted by atomic mass is 19.4. The predicted octanol–water partition coefficient (Wildman–Crippen LogP) is 9.89. The molecular formula is C31H43F5O2. The van der Waals surface area contributed by atoms with E-state index in [1.165, 1.54) is 64.2 Å². The Morgan fingerprint density at radius 3 is 2.16 bits per heavy atom. The van der Waals surface area contributed by atoms with Crippen LogP contribution in [0, 0.1) is 47.1 Å². The highest BCUT2D eigenvalue weighted by Crippen LogP contribution is 2.50. The van der Waals surface area contributed by atoms with E-state index >= 15 is 0 Å². The number of benzene rings is 1. The van der Waals surface area contributed by atoms with Gasteiger partial charge in [-0.05, 0) is 68.1 Å². The molecule has 4 atom stereocenters. The highest BCUT2D eigenvalue weighted by molar-refractivity contribution is 5.75. The molecule has 0 radical (unpaired) electrons. The van der Waals surface area contributed by atoms with Crippen molar-refractivity contribution in [2.24, 2.45) is 35.5 Å². The maximum absolute atomic E-state index is 14.0. The van der Waals surface area contributed by atoms with Crippen molar-refractivity contribution < 1.29 is 31.5 Å². The summed E-state index contributed by atoms with van der Waals surface area (Å²) in [6.45, 7) is 2.25. The number of carbonyl (C=O) groups is 1. The van der Waals surface area contributed by atoms with Gasteiger partial charge >= 0.3 is 12.1 Å². The van der Waals surface area contributed by atoms with Crippen LogP contribution in [0.15, 0.2) is 12.1 Å². The molecule has 0 saturated heterocycles. The van der Waals surface area contributed by atoms with Crippen LogP contribution in [-0.4, -0.2) is 5.97 Å². The molecule has 3 fully saturated rings. The van der Waals surface area contributed by atoms with E-state index in [0.29, 0.717) is 30.4 Å². The summed E-state index contributed by atoms with van der Waals surface area (Å²) >= 11 is 0. The fourth-order valence-corrected chi connectivity index (χ4v) is 7.78. The minimum Gasteiger partial charge on any atom is -0.426 e. The Morgan fingerprint density at radius 1 is 0.842 bits per heavy atom. The third-order valence-electron chi connectivity index (χ3n) is 9.78. The van der Waals surface area contributed by atoms with Gasteiger partial charge in [-0.2, -0.15) is 13.2 Å². The van der Waals surface area contributed by atoms with Crippen molar-refractivity contribution >= 4 is 5.97 Å². The fraction of sp³-hybridized carbons (Fsp3) is 0.774. The van der Waals surface area contributed by atoms with Crippen LogP contribution in [0.2, 0.25) is 0 Å². The minimum atomic E-state index is -5.15. The Morgan fingerprint density at radius 2 is 1.50 bits per heavy atom. The molecule has 0 aliphatic heterocycles. The van der Waals surface area contributed by atoms with Crippen LogP contribution in [0.1, 0.15) is 115 Å². The second kappa shape index (κ2) is 13.1. The Labute approximate surface area is 224 Å². The third kappa shape index (κ3) is 7.29. The van der Waals surface area contributed by atoms with E-state index < -0.39 is 35.1 Å². The molecule has 3 saturated carbocycles.